The minimum Gasteiger partial charge on any atom is -0.488 e. The third-order valence-electron chi connectivity index (χ3n) is 10.2. The van der Waals surface area contributed by atoms with Crippen LogP contribution in [0.15, 0.2) is 41.3 Å². The van der Waals surface area contributed by atoms with Gasteiger partial charge in [0.2, 0.25) is 17.7 Å². The van der Waals surface area contributed by atoms with E-state index in [0.29, 0.717) is 37.5 Å². The zero-order valence-electron chi connectivity index (χ0n) is 29.1. The quantitative estimate of drug-likeness (QED) is 0.210. The van der Waals surface area contributed by atoms with E-state index in [9.17, 15) is 19.2 Å². The first-order valence-electron chi connectivity index (χ1n) is 17.9. The number of pyridine rings is 1. The molecule has 0 bridgehead atoms. The van der Waals surface area contributed by atoms with Crippen LogP contribution in [0, 0.1) is 5.92 Å². The second-order valence-electron chi connectivity index (χ2n) is 13.6. The van der Waals surface area contributed by atoms with Crippen LogP contribution in [0.5, 0.6) is 11.6 Å². The van der Waals surface area contributed by atoms with Crippen molar-refractivity contribution in [3.63, 3.8) is 0 Å². The number of ether oxygens (including phenoxy) is 4. The van der Waals surface area contributed by atoms with Gasteiger partial charge in [-0.3, -0.25) is 9.59 Å². The Balaban J connectivity index is 1.31. The molecule has 2 aliphatic carbocycles. The van der Waals surface area contributed by atoms with Crippen LogP contribution in [-0.4, -0.2) is 90.1 Å². The van der Waals surface area contributed by atoms with Crippen LogP contribution in [0.2, 0.25) is 0 Å². The molecular weight excluding hydrogens is 660 g/mol. The van der Waals surface area contributed by atoms with Gasteiger partial charge in [-0.2, -0.15) is 0 Å². The second-order valence-corrected chi connectivity index (χ2v) is 14.4. The number of hydrogen-bond acceptors (Lipinski definition) is 10. The molecule has 3 heterocycles. The van der Waals surface area contributed by atoms with Crippen molar-refractivity contribution >= 4 is 46.5 Å². The van der Waals surface area contributed by atoms with Crippen molar-refractivity contribution in [3.05, 3.63) is 36.4 Å². The van der Waals surface area contributed by atoms with E-state index >= 15 is 0 Å². The molecule has 0 radical (unpaired) electrons. The van der Waals surface area contributed by atoms with E-state index in [2.05, 4.69) is 10.6 Å². The number of para-hydroxylation sites is 1. The fourth-order valence-corrected chi connectivity index (χ4v) is 8.05. The molecule has 50 heavy (non-hydrogen) atoms. The number of rotatable bonds is 8. The van der Waals surface area contributed by atoms with Gasteiger partial charge in [0.15, 0.2) is 0 Å². The molecule has 12 nitrogen and oxygen atoms in total. The molecule has 6 rings (SSSR count). The van der Waals surface area contributed by atoms with Crippen LogP contribution >= 0.6 is 11.8 Å². The molecule has 4 aliphatic rings. The first-order valence-corrected chi connectivity index (χ1v) is 19.1. The van der Waals surface area contributed by atoms with Gasteiger partial charge in [-0.15, -0.1) is 11.8 Å². The number of aromatic nitrogens is 1. The molecule has 0 unspecified atom stereocenters. The van der Waals surface area contributed by atoms with Gasteiger partial charge in [-0.05, 0) is 76.7 Å². The van der Waals surface area contributed by atoms with Gasteiger partial charge in [0, 0.05) is 28.7 Å². The molecule has 3 fully saturated rings. The lowest BCUT2D eigenvalue weighted by Crippen LogP contribution is -2.56. The summed E-state index contributed by atoms with van der Waals surface area (Å²) in [6.07, 6.45) is 12.5. The Morgan fingerprint density at radius 1 is 1.10 bits per heavy atom. The first kappa shape index (κ1) is 35.8. The van der Waals surface area contributed by atoms with Gasteiger partial charge >= 0.3 is 12.1 Å². The largest absolute Gasteiger partial charge is 0.488 e. The van der Waals surface area contributed by atoms with Crippen molar-refractivity contribution in [2.75, 3.05) is 26.5 Å². The van der Waals surface area contributed by atoms with Crippen molar-refractivity contribution in [1.29, 1.82) is 0 Å². The van der Waals surface area contributed by atoms with E-state index in [1.165, 1.54) is 12.0 Å². The predicted octanol–water partition coefficient (Wildman–Crippen LogP) is 5.31. The third kappa shape index (κ3) is 7.82. The highest BCUT2D eigenvalue weighted by Gasteiger charge is 2.62. The fourth-order valence-electron chi connectivity index (χ4n) is 7.48. The number of hydrogen-bond donors (Lipinski definition) is 2. The molecule has 1 aromatic heterocycles. The van der Waals surface area contributed by atoms with Crippen LogP contribution in [0.1, 0.15) is 77.6 Å². The summed E-state index contributed by atoms with van der Waals surface area (Å²) in [5.74, 6) is -0.621. The standard InChI is InChI=1S/C37H48N4O8S/c1-4-47-31-20-29(26-16-12-18-30(50-3)32(26)39-31)48-25-19-28-33(42)40-37(35(44)46-2)21-23(37)13-8-6-5-7-9-17-27(34(43)41(28)22-25)38-36(45)49-24-14-10-11-15-24/h8,12-13,16,18,20,23-25,27-28H,4-7,9-11,14-15,17,19,21-22H2,1-3H3,(H,38,45)(H,40,42)/b13-8-/t23-,25-,27+,28+,37-/m1/s1. The second kappa shape index (κ2) is 15.9. The zero-order chi connectivity index (χ0) is 35.3. The summed E-state index contributed by atoms with van der Waals surface area (Å²) in [6, 6.07) is 5.74. The minimum absolute atomic E-state index is 0.0946. The van der Waals surface area contributed by atoms with Crippen molar-refractivity contribution in [2.24, 2.45) is 5.92 Å². The maximum Gasteiger partial charge on any atom is 0.408 e. The van der Waals surface area contributed by atoms with Gasteiger partial charge in [0.05, 0.1) is 25.8 Å². The lowest BCUT2D eigenvalue weighted by Gasteiger charge is -2.29. The average molecular weight is 709 g/mol. The molecule has 1 saturated heterocycles. The summed E-state index contributed by atoms with van der Waals surface area (Å²) < 4.78 is 23.2. The third-order valence-corrected chi connectivity index (χ3v) is 11.0. The maximum absolute atomic E-state index is 14.5. The number of carbonyl (C=O) groups excluding carboxylic acids is 4. The summed E-state index contributed by atoms with van der Waals surface area (Å²) in [5, 5.41) is 6.61. The van der Waals surface area contributed by atoms with Crippen molar-refractivity contribution in [1.82, 2.24) is 20.5 Å². The average Bonchev–Trinajstić information content (AvgIpc) is 3.38. The van der Waals surface area contributed by atoms with E-state index < -0.39 is 41.7 Å². The molecular formula is C37H48N4O8S. The maximum atomic E-state index is 14.5. The molecule has 0 spiro atoms. The van der Waals surface area contributed by atoms with Crippen molar-refractivity contribution in [3.8, 4) is 11.6 Å². The van der Waals surface area contributed by atoms with E-state index in [1.54, 1.807) is 17.8 Å². The highest BCUT2D eigenvalue weighted by Crippen LogP contribution is 2.46. The number of fused-ring (bicyclic) bond motifs is 3. The minimum atomic E-state index is -1.19. The zero-order valence-corrected chi connectivity index (χ0v) is 29.9. The fraction of sp³-hybridized carbons (Fsp3) is 0.595. The number of nitrogens with zero attached hydrogens (tertiary/aromatic N) is 2. The van der Waals surface area contributed by atoms with Crippen molar-refractivity contribution < 1.29 is 38.1 Å². The Bertz CT molecular complexity index is 1610. The first-order chi connectivity index (χ1) is 24.3. The molecule has 2 saturated carbocycles. The summed E-state index contributed by atoms with van der Waals surface area (Å²) in [5.41, 5.74) is -0.457. The lowest BCUT2D eigenvalue weighted by molar-refractivity contribution is -0.148. The normalized spacial score (nSPS) is 28.0. The summed E-state index contributed by atoms with van der Waals surface area (Å²) >= 11 is 1.57. The SMILES string of the molecule is CCOc1cc(O[C@@H]2C[C@H]3C(=O)N[C@]4(C(=O)OC)C[C@H]4/C=C\CCCCC[C@H](NC(=O)OC4CCCC4)C(=O)N3C2)c2cccc(SC)c2n1. The highest BCUT2D eigenvalue weighted by atomic mass is 32.2. The number of amides is 3. The van der Waals surface area contributed by atoms with Gasteiger partial charge in [0.1, 0.15) is 35.6 Å². The van der Waals surface area contributed by atoms with Crippen LogP contribution in [0.25, 0.3) is 10.9 Å². The highest BCUT2D eigenvalue weighted by molar-refractivity contribution is 7.98. The van der Waals surface area contributed by atoms with Crippen LogP contribution < -0.4 is 20.1 Å². The number of carbonyl (C=O) groups is 4. The number of benzene rings is 1. The Labute approximate surface area is 297 Å². The van der Waals surface area contributed by atoms with Gasteiger partial charge < -0.3 is 34.5 Å². The molecule has 5 atom stereocenters. The Hall–Kier alpha value is -4.00. The molecule has 1 aromatic carbocycles. The number of thioether (sulfide) groups is 1. The van der Waals surface area contributed by atoms with Gasteiger partial charge in [0.25, 0.3) is 0 Å². The van der Waals surface area contributed by atoms with E-state index in [4.69, 9.17) is 23.9 Å². The van der Waals surface area contributed by atoms with E-state index in [1.807, 2.05) is 43.5 Å². The van der Waals surface area contributed by atoms with E-state index in [0.717, 1.165) is 60.7 Å². The van der Waals surface area contributed by atoms with Gasteiger partial charge in [-0.1, -0.05) is 31.1 Å². The Morgan fingerprint density at radius 2 is 1.90 bits per heavy atom. The summed E-state index contributed by atoms with van der Waals surface area (Å²) in [7, 11) is 1.31. The smallest absolute Gasteiger partial charge is 0.408 e. The Morgan fingerprint density at radius 3 is 2.66 bits per heavy atom. The predicted molar refractivity (Wildman–Crippen MR) is 188 cm³/mol. The lowest BCUT2D eigenvalue weighted by atomic mass is 10.0. The molecule has 2 aromatic rings. The molecule has 270 valence electrons. The molecule has 2 aliphatic heterocycles. The number of nitrogens with one attached hydrogen (secondary N) is 2. The molecule has 2 N–H and O–H groups in total. The number of alkyl carbamates (subject to hydrolysis) is 1. The van der Waals surface area contributed by atoms with E-state index in [-0.39, 0.29) is 30.9 Å². The van der Waals surface area contributed by atoms with Crippen LogP contribution in [0.4, 0.5) is 4.79 Å². The summed E-state index contributed by atoms with van der Waals surface area (Å²) in [4.78, 5) is 62.0. The van der Waals surface area contributed by atoms with Crippen molar-refractivity contribution in [2.45, 2.75) is 112 Å². The monoisotopic (exact) mass is 708 g/mol. The molecule has 3 amide bonds. The number of esters is 1. The number of allylic oxidation sites excluding steroid dienone is 1. The van der Waals surface area contributed by atoms with Crippen LogP contribution in [-0.2, 0) is 23.9 Å². The van der Waals surface area contributed by atoms with Crippen LogP contribution in [0.3, 0.4) is 0 Å². The number of methoxy groups -OCH3 is 1. The van der Waals surface area contributed by atoms with Gasteiger partial charge in [-0.25, -0.2) is 14.6 Å². The topological polar surface area (TPSA) is 145 Å². The summed E-state index contributed by atoms with van der Waals surface area (Å²) in [6.45, 7) is 2.40. The Kier molecular flexibility index (Phi) is 11.4. The molecule has 13 heteroatoms.